The predicted octanol–water partition coefficient (Wildman–Crippen LogP) is 0.990. The largest absolute Gasteiger partial charge is 0.394 e. The van der Waals surface area contributed by atoms with Crippen molar-refractivity contribution in [3.05, 3.63) is 23.7 Å². The Morgan fingerprint density at radius 3 is 3.20 bits per heavy atom. The van der Waals surface area contributed by atoms with Crippen molar-refractivity contribution in [2.45, 2.75) is 25.8 Å². The summed E-state index contributed by atoms with van der Waals surface area (Å²) in [6.07, 6.45) is 7.62. The van der Waals surface area contributed by atoms with E-state index in [1.807, 2.05) is 12.3 Å². The Bertz CT molecular complexity index is 335. The van der Waals surface area contributed by atoms with E-state index in [-0.39, 0.29) is 6.61 Å². The molecule has 2 heterocycles. The number of aromatic nitrogens is 2. The molecule has 0 atom stereocenters. The normalized spacial score (nSPS) is 19.1. The lowest BCUT2D eigenvalue weighted by molar-refractivity contribution is 0.269. The average molecular weight is 207 g/mol. The Labute approximate surface area is 89.6 Å². The van der Waals surface area contributed by atoms with E-state index in [0.29, 0.717) is 6.54 Å². The van der Waals surface area contributed by atoms with Crippen molar-refractivity contribution < 1.29 is 5.11 Å². The summed E-state index contributed by atoms with van der Waals surface area (Å²) in [4.78, 5) is 0. The first-order valence-corrected chi connectivity index (χ1v) is 5.47. The third-order valence-electron chi connectivity index (χ3n) is 2.54. The molecular weight excluding hydrogens is 190 g/mol. The molecule has 0 amide bonds. The summed E-state index contributed by atoms with van der Waals surface area (Å²) in [6.45, 7) is 1.77. The van der Waals surface area contributed by atoms with Gasteiger partial charge in [-0.15, -0.1) is 0 Å². The highest BCUT2D eigenvalue weighted by Gasteiger charge is 2.04. The second kappa shape index (κ2) is 4.98. The van der Waals surface area contributed by atoms with Gasteiger partial charge in [0, 0.05) is 18.4 Å². The number of aliphatic hydroxyl groups is 1. The smallest absolute Gasteiger partial charge is 0.0868 e. The first kappa shape index (κ1) is 10.2. The molecule has 0 aromatic carbocycles. The third kappa shape index (κ3) is 2.83. The zero-order valence-electron chi connectivity index (χ0n) is 8.82. The van der Waals surface area contributed by atoms with Crippen LogP contribution in [0.3, 0.4) is 0 Å². The van der Waals surface area contributed by atoms with Crippen LogP contribution in [0.15, 0.2) is 18.0 Å². The zero-order chi connectivity index (χ0) is 10.5. The number of hydrogen-bond donors (Lipinski definition) is 2. The van der Waals surface area contributed by atoms with Crippen LogP contribution >= 0.6 is 0 Å². The lowest BCUT2D eigenvalue weighted by atomic mass is 10.1. The fourth-order valence-electron chi connectivity index (χ4n) is 1.76. The second-order valence-electron chi connectivity index (χ2n) is 3.78. The summed E-state index contributed by atoms with van der Waals surface area (Å²) >= 11 is 0. The van der Waals surface area contributed by atoms with E-state index in [2.05, 4.69) is 16.5 Å². The molecule has 1 aliphatic heterocycles. The van der Waals surface area contributed by atoms with E-state index < -0.39 is 0 Å². The van der Waals surface area contributed by atoms with Gasteiger partial charge in [0.1, 0.15) is 0 Å². The molecule has 0 bridgehead atoms. The van der Waals surface area contributed by atoms with Gasteiger partial charge < -0.3 is 10.4 Å². The molecule has 1 aliphatic rings. The summed E-state index contributed by atoms with van der Waals surface area (Å²) in [6, 6.07) is 1.97. The monoisotopic (exact) mass is 207 g/mol. The van der Waals surface area contributed by atoms with Crippen molar-refractivity contribution in [1.82, 2.24) is 15.1 Å². The Kier molecular flexibility index (Phi) is 3.40. The molecule has 0 spiro atoms. The van der Waals surface area contributed by atoms with Crippen LogP contribution in [0.25, 0.3) is 6.08 Å². The second-order valence-corrected chi connectivity index (χ2v) is 3.78. The van der Waals surface area contributed by atoms with Gasteiger partial charge in [-0.2, -0.15) is 5.10 Å². The van der Waals surface area contributed by atoms with Crippen molar-refractivity contribution in [3.8, 4) is 0 Å². The number of rotatable bonds is 3. The van der Waals surface area contributed by atoms with Crippen molar-refractivity contribution >= 4 is 6.08 Å². The molecule has 2 rings (SSSR count). The lowest BCUT2D eigenvalue weighted by Gasteiger charge is -2.15. The number of allylic oxidation sites excluding steroid dienone is 1. The van der Waals surface area contributed by atoms with E-state index in [9.17, 15) is 0 Å². The van der Waals surface area contributed by atoms with Crippen LogP contribution in [0.5, 0.6) is 0 Å². The van der Waals surface area contributed by atoms with E-state index in [1.54, 1.807) is 4.68 Å². The van der Waals surface area contributed by atoms with Gasteiger partial charge in [-0.05, 0) is 31.4 Å². The molecule has 0 unspecified atom stereocenters. The predicted molar refractivity (Wildman–Crippen MR) is 59.1 cm³/mol. The maximum absolute atomic E-state index is 8.76. The van der Waals surface area contributed by atoms with Crippen molar-refractivity contribution in [1.29, 1.82) is 0 Å². The van der Waals surface area contributed by atoms with E-state index in [1.165, 1.54) is 18.5 Å². The number of nitrogens with zero attached hydrogens (tertiary/aromatic N) is 2. The molecule has 0 saturated carbocycles. The summed E-state index contributed by atoms with van der Waals surface area (Å²) in [5.41, 5.74) is 2.24. The van der Waals surface area contributed by atoms with Crippen LogP contribution in [0.1, 0.15) is 25.0 Å². The summed E-state index contributed by atoms with van der Waals surface area (Å²) < 4.78 is 1.76. The van der Waals surface area contributed by atoms with Crippen LogP contribution in [-0.4, -0.2) is 28.0 Å². The van der Waals surface area contributed by atoms with Crippen molar-refractivity contribution in [3.63, 3.8) is 0 Å². The van der Waals surface area contributed by atoms with E-state index in [4.69, 9.17) is 5.11 Å². The molecule has 0 radical (unpaired) electrons. The maximum Gasteiger partial charge on any atom is 0.0868 e. The van der Waals surface area contributed by atoms with Crippen molar-refractivity contribution in [2.24, 2.45) is 0 Å². The molecule has 82 valence electrons. The molecule has 4 heteroatoms. The van der Waals surface area contributed by atoms with Gasteiger partial charge in [0.05, 0.1) is 18.8 Å². The van der Waals surface area contributed by atoms with Crippen LogP contribution in [0.2, 0.25) is 0 Å². The summed E-state index contributed by atoms with van der Waals surface area (Å²) in [5, 5.41) is 16.5. The Morgan fingerprint density at radius 1 is 1.53 bits per heavy atom. The molecule has 1 aromatic heterocycles. The minimum atomic E-state index is 0.135. The average Bonchev–Trinajstić information content (AvgIpc) is 2.68. The Balaban J connectivity index is 2.02. The Morgan fingerprint density at radius 2 is 2.47 bits per heavy atom. The zero-order valence-corrected chi connectivity index (χ0v) is 8.82. The van der Waals surface area contributed by atoms with Crippen LogP contribution < -0.4 is 5.32 Å². The van der Waals surface area contributed by atoms with E-state index in [0.717, 1.165) is 18.7 Å². The van der Waals surface area contributed by atoms with Gasteiger partial charge in [-0.3, -0.25) is 4.68 Å². The number of piperidine rings is 1. The molecule has 0 aliphatic carbocycles. The van der Waals surface area contributed by atoms with Gasteiger partial charge in [-0.1, -0.05) is 0 Å². The summed E-state index contributed by atoms with van der Waals surface area (Å²) in [7, 11) is 0. The molecule has 15 heavy (non-hydrogen) atoms. The SMILES string of the molecule is OCCn1ccc(C=C2CCCCN2)n1. The molecule has 2 N–H and O–H groups in total. The third-order valence-corrected chi connectivity index (χ3v) is 2.54. The van der Waals surface area contributed by atoms with Crippen LogP contribution in [0, 0.1) is 0 Å². The topological polar surface area (TPSA) is 50.1 Å². The highest BCUT2D eigenvalue weighted by Crippen LogP contribution is 2.13. The van der Waals surface area contributed by atoms with Crippen molar-refractivity contribution in [2.75, 3.05) is 13.2 Å². The fraction of sp³-hybridized carbons (Fsp3) is 0.545. The van der Waals surface area contributed by atoms with Gasteiger partial charge in [0.2, 0.25) is 0 Å². The van der Waals surface area contributed by atoms with Gasteiger partial charge >= 0.3 is 0 Å². The first-order valence-electron chi connectivity index (χ1n) is 5.47. The van der Waals surface area contributed by atoms with Gasteiger partial charge in [-0.25, -0.2) is 0 Å². The Hall–Kier alpha value is -1.29. The molecule has 1 aromatic rings. The fourth-order valence-corrected chi connectivity index (χ4v) is 1.76. The molecule has 4 nitrogen and oxygen atoms in total. The minimum Gasteiger partial charge on any atom is -0.394 e. The quantitative estimate of drug-likeness (QED) is 0.777. The first-order chi connectivity index (χ1) is 7.38. The van der Waals surface area contributed by atoms with Gasteiger partial charge in [0.25, 0.3) is 0 Å². The van der Waals surface area contributed by atoms with E-state index >= 15 is 0 Å². The standard InChI is InChI=1S/C11H17N3O/c15-8-7-14-6-4-11(13-14)9-10-3-1-2-5-12-10/h4,6,9,12,15H,1-3,5,7-8H2. The molecule has 1 saturated heterocycles. The molecule has 1 fully saturated rings. The van der Waals surface area contributed by atoms with Crippen LogP contribution in [-0.2, 0) is 6.54 Å². The number of nitrogens with one attached hydrogen (secondary N) is 1. The maximum atomic E-state index is 8.76. The minimum absolute atomic E-state index is 0.135. The summed E-state index contributed by atoms with van der Waals surface area (Å²) in [5.74, 6) is 0. The highest BCUT2D eigenvalue weighted by molar-refractivity contribution is 5.47. The number of aliphatic hydroxyl groups excluding tert-OH is 1. The highest BCUT2D eigenvalue weighted by atomic mass is 16.3. The lowest BCUT2D eigenvalue weighted by Crippen LogP contribution is -2.19. The van der Waals surface area contributed by atoms with Crippen LogP contribution in [0.4, 0.5) is 0 Å². The number of hydrogen-bond acceptors (Lipinski definition) is 3. The van der Waals surface area contributed by atoms with Gasteiger partial charge in [0.15, 0.2) is 0 Å². The molecular formula is C11H17N3O.